The first kappa shape index (κ1) is 16.9. The number of rotatable bonds is 10. The van der Waals surface area contributed by atoms with Gasteiger partial charge in [-0.15, -0.1) is 0 Å². The van der Waals surface area contributed by atoms with E-state index in [4.69, 9.17) is 14.6 Å². The van der Waals surface area contributed by atoms with E-state index in [2.05, 4.69) is 0 Å². The normalized spacial score (nSPS) is 13.9. The third-order valence-electron chi connectivity index (χ3n) is 2.59. The summed E-state index contributed by atoms with van der Waals surface area (Å²) in [5, 5.41) is 8.64. The fraction of sp³-hybridized carbons (Fsp3) is 0.846. The molecule has 0 fully saturated rings. The number of hydrogen-bond acceptors (Lipinski definition) is 4. The van der Waals surface area contributed by atoms with E-state index in [0.29, 0.717) is 6.61 Å². The molecule has 2 unspecified atom stereocenters. The molecular formula is C13H24O5. The van der Waals surface area contributed by atoms with Crippen molar-refractivity contribution in [2.24, 2.45) is 0 Å². The Kier molecular flexibility index (Phi) is 9.28. The zero-order valence-electron chi connectivity index (χ0n) is 11.5. The highest BCUT2D eigenvalue weighted by atomic mass is 16.6. The number of ether oxygens (including phenoxy) is 2. The molecule has 0 bridgehead atoms. The first-order valence-electron chi connectivity index (χ1n) is 6.55. The van der Waals surface area contributed by atoms with Gasteiger partial charge < -0.3 is 14.6 Å². The maximum absolute atomic E-state index is 11.8. The third-order valence-corrected chi connectivity index (χ3v) is 2.59. The summed E-state index contributed by atoms with van der Waals surface area (Å²) in [7, 11) is 0. The predicted octanol–water partition coefficient (Wildman–Crippen LogP) is 2.38. The van der Waals surface area contributed by atoms with Crippen LogP contribution < -0.4 is 0 Å². The first-order valence-corrected chi connectivity index (χ1v) is 6.55. The highest BCUT2D eigenvalue weighted by Crippen LogP contribution is 2.09. The molecule has 0 spiro atoms. The quantitative estimate of drug-likeness (QED) is 0.482. The summed E-state index contributed by atoms with van der Waals surface area (Å²) in [6, 6.07) is 0. The molecule has 1 N–H and O–H groups in total. The van der Waals surface area contributed by atoms with Crippen LogP contribution in [0.2, 0.25) is 0 Å². The second kappa shape index (κ2) is 9.88. The zero-order valence-corrected chi connectivity index (χ0v) is 11.5. The van der Waals surface area contributed by atoms with Gasteiger partial charge in [0.2, 0.25) is 0 Å². The summed E-state index contributed by atoms with van der Waals surface area (Å²) >= 11 is 0. The minimum Gasteiger partial charge on any atom is -0.481 e. The number of carbonyl (C=O) groups is 2. The van der Waals surface area contributed by atoms with Gasteiger partial charge in [-0.3, -0.25) is 4.79 Å². The SMILES string of the molecule is CCCCOC(CCC(=O)O)C(=O)OC(C)CC. The third kappa shape index (κ3) is 8.06. The predicted molar refractivity (Wildman–Crippen MR) is 67.4 cm³/mol. The van der Waals surface area contributed by atoms with E-state index in [1.54, 1.807) is 6.92 Å². The molecule has 0 rings (SSSR count). The lowest BCUT2D eigenvalue weighted by Gasteiger charge is -2.18. The van der Waals surface area contributed by atoms with Crippen LogP contribution in [0.4, 0.5) is 0 Å². The van der Waals surface area contributed by atoms with E-state index in [9.17, 15) is 9.59 Å². The second-order valence-corrected chi connectivity index (χ2v) is 4.30. The number of carboxylic acids is 1. The Labute approximate surface area is 108 Å². The van der Waals surface area contributed by atoms with Gasteiger partial charge >= 0.3 is 11.9 Å². The lowest BCUT2D eigenvalue weighted by molar-refractivity contribution is -0.163. The van der Waals surface area contributed by atoms with Crippen molar-refractivity contribution in [3.8, 4) is 0 Å². The van der Waals surface area contributed by atoms with Gasteiger partial charge in [0.15, 0.2) is 6.10 Å². The molecule has 0 aromatic heterocycles. The monoisotopic (exact) mass is 260 g/mol. The maximum Gasteiger partial charge on any atom is 0.335 e. The molecule has 0 amide bonds. The second-order valence-electron chi connectivity index (χ2n) is 4.30. The minimum atomic E-state index is -0.935. The molecule has 106 valence electrons. The fourth-order valence-electron chi connectivity index (χ4n) is 1.25. The molecule has 18 heavy (non-hydrogen) atoms. The van der Waals surface area contributed by atoms with E-state index in [1.807, 2.05) is 13.8 Å². The number of carbonyl (C=O) groups excluding carboxylic acids is 1. The van der Waals surface area contributed by atoms with Crippen molar-refractivity contribution in [3.63, 3.8) is 0 Å². The van der Waals surface area contributed by atoms with Crippen LogP contribution in [0.5, 0.6) is 0 Å². The van der Waals surface area contributed by atoms with E-state index >= 15 is 0 Å². The number of unbranched alkanes of at least 4 members (excludes halogenated alkanes) is 1. The Morgan fingerprint density at radius 2 is 1.94 bits per heavy atom. The van der Waals surface area contributed by atoms with Crippen molar-refractivity contribution >= 4 is 11.9 Å². The highest BCUT2D eigenvalue weighted by Gasteiger charge is 2.23. The van der Waals surface area contributed by atoms with E-state index in [1.165, 1.54) is 0 Å². The molecule has 0 aromatic rings. The van der Waals surface area contributed by atoms with E-state index in [0.717, 1.165) is 19.3 Å². The van der Waals surface area contributed by atoms with Crippen LogP contribution in [0.3, 0.4) is 0 Å². The van der Waals surface area contributed by atoms with Gasteiger partial charge in [0.05, 0.1) is 6.10 Å². The van der Waals surface area contributed by atoms with Crippen LogP contribution in [0.25, 0.3) is 0 Å². The molecule has 0 radical (unpaired) electrons. The van der Waals surface area contributed by atoms with Crippen molar-refractivity contribution in [1.29, 1.82) is 0 Å². The van der Waals surface area contributed by atoms with Gasteiger partial charge in [-0.2, -0.15) is 0 Å². The van der Waals surface area contributed by atoms with Crippen molar-refractivity contribution in [2.75, 3.05) is 6.61 Å². The smallest absolute Gasteiger partial charge is 0.335 e. The lowest BCUT2D eigenvalue weighted by Crippen LogP contribution is -2.30. The van der Waals surface area contributed by atoms with E-state index < -0.39 is 18.0 Å². The summed E-state index contributed by atoms with van der Waals surface area (Å²) in [4.78, 5) is 22.3. The standard InChI is InChI=1S/C13H24O5/c1-4-6-9-17-11(7-8-12(14)15)13(16)18-10(3)5-2/h10-11H,4-9H2,1-3H3,(H,14,15). The van der Waals surface area contributed by atoms with Crippen molar-refractivity contribution in [3.05, 3.63) is 0 Å². The summed E-state index contributed by atoms with van der Waals surface area (Å²) < 4.78 is 10.6. The van der Waals surface area contributed by atoms with Crippen LogP contribution >= 0.6 is 0 Å². The number of aliphatic carboxylic acids is 1. The van der Waals surface area contributed by atoms with Crippen LogP contribution in [0.15, 0.2) is 0 Å². The molecule has 0 aliphatic carbocycles. The van der Waals surface area contributed by atoms with Crippen LogP contribution in [0.1, 0.15) is 52.9 Å². The zero-order chi connectivity index (χ0) is 14.0. The average molecular weight is 260 g/mol. The molecule has 2 atom stereocenters. The van der Waals surface area contributed by atoms with Gasteiger partial charge in [0, 0.05) is 13.0 Å². The fourth-order valence-corrected chi connectivity index (χ4v) is 1.25. The van der Waals surface area contributed by atoms with Crippen molar-refractivity contribution in [2.45, 2.75) is 65.1 Å². The minimum absolute atomic E-state index is 0.0909. The summed E-state index contributed by atoms with van der Waals surface area (Å²) in [5.41, 5.74) is 0. The Hall–Kier alpha value is -1.10. The van der Waals surface area contributed by atoms with Gasteiger partial charge in [-0.05, 0) is 26.2 Å². The van der Waals surface area contributed by atoms with Crippen LogP contribution in [-0.2, 0) is 19.1 Å². The first-order chi connectivity index (χ1) is 8.51. The number of carboxylic acid groups (broad SMARTS) is 1. The molecule has 5 heteroatoms. The van der Waals surface area contributed by atoms with Gasteiger partial charge in [-0.25, -0.2) is 4.79 Å². The summed E-state index contributed by atoms with van der Waals surface area (Å²) in [6.07, 6.45) is 1.68. The molecule has 0 aliphatic heterocycles. The Balaban J connectivity index is 4.24. The lowest BCUT2D eigenvalue weighted by atomic mass is 10.2. The van der Waals surface area contributed by atoms with Gasteiger partial charge in [0.1, 0.15) is 0 Å². The highest BCUT2D eigenvalue weighted by molar-refractivity contribution is 5.76. The van der Waals surface area contributed by atoms with E-state index in [-0.39, 0.29) is 18.9 Å². The molecule has 0 saturated heterocycles. The maximum atomic E-state index is 11.8. The summed E-state index contributed by atoms with van der Waals surface area (Å²) in [6.45, 7) is 6.20. The van der Waals surface area contributed by atoms with Crippen molar-refractivity contribution < 1.29 is 24.2 Å². The van der Waals surface area contributed by atoms with Crippen LogP contribution in [-0.4, -0.2) is 35.9 Å². The Bertz CT molecular complexity index is 252. The molecule has 5 nitrogen and oxygen atoms in total. The topological polar surface area (TPSA) is 72.8 Å². The molecule has 0 saturated carbocycles. The number of esters is 1. The average Bonchev–Trinajstić information content (AvgIpc) is 2.32. The number of hydrogen-bond donors (Lipinski definition) is 1. The largest absolute Gasteiger partial charge is 0.481 e. The Morgan fingerprint density at radius 1 is 1.28 bits per heavy atom. The van der Waals surface area contributed by atoms with Crippen molar-refractivity contribution in [1.82, 2.24) is 0 Å². The molecular weight excluding hydrogens is 236 g/mol. The molecule has 0 heterocycles. The van der Waals surface area contributed by atoms with Gasteiger partial charge in [0.25, 0.3) is 0 Å². The molecule has 0 aromatic carbocycles. The Morgan fingerprint density at radius 3 is 2.44 bits per heavy atom. The summed E-state index contributed by atoms with van der Waals surface area (Å²) in [5.74, 6) is -1.39. The molecule has 0 aliphatic rings. The van der Waals surface area contributed by atoms with Crippen LogP contribution in [0, 0.1) is 0 Å². The van der Waals surface area contributed by atoms with Gasteiger partial charge in [-0.1, -0.05) is 20.3 Å².